The summed E-state index contributed by atoms with van der Waals surface area (Å²) in [6.07, 6.45) is 4.50. The number of carbonyl (C=O) groups is 1. The lowest BCUT2D eigenvalue weighted by Crippen LogP contribution is -2.22. The molecule has 0 aliphatic rings. The minimum Gasteiger partial charge on any atom is -0.358 e. The van der Waals surface area contributed by atoms with E-state index in [1.165, 1.54) is 5.56 Å². The molecule has 2 heterocycles. The van der Waals surface area contributed by atoms with Crippen molar-refractivity contribution < 1.29 is 4.79 Å². The number of aromatic nitrogens is 3. The average molecular weight is 299 g/mol. The Morgan fingerprint density at radius 3 is 2.50 bits per heavy atom. The number of likely N-dealkylation sites (N-methyl/N-ethyl adjacent to an activating group) is 1. The smallest absolute Gasteiger partial charge is 0.228 e. The fourth-order valence-corrected chi connectivity index (χ4v) is 1.83. The molecule has 2 rings (SSSR count). The topological polar surface area (TPSA) is 71.0 Å². The van der Waals surface area contributed by atoms with Crippen molar-refractivity contribution in [3.63, 3.8) is 0 Å². The average Bonchev–Trinajstić information content (AvgIpc) is 2.54. The minimum atomic E-state index is -0.0792. The van der Waals surface area contributed by atoms with Crippen LogP contribution in [0.4, 0.5) is 11.6 Å². The Hall–Kier alpha value is -2.50. The summed E-state index contributed by atoms with van der Waals surface area (Å²) in [6, 6.07) is 7.63. The molecule has 0 bridgehead atoms. The van der Waals surface area contributed by atoms with Gasteiger partial charge in [0.1, 0.15) is 0 Å². The molecular weight excluding hydrogens is 278 g/mol. The van der Waals surface area contributed by atoms with Crippen LogP contribution in [0.2, 0.25) is 0 Å². The molecule has 0 aliphatic heterocycles. The maximum atomic E-state index is 11.6. The third kappa shape index (κ3) is 4.51. The predicted molar refractivity (Wildman–Crippen MR) is 86.7 cm³/mol. The van der Waals surface area contributed by atoms with Gasteiger partial charge in [0, 0.05) is 31.9 Å². The fraction of sp³-hybridized carbons (Fsp3) is 0.375. The first-order chi connectivity index (χ1) is 10.6. The van der Waals surface area contributed by atoms with Gasteiger partial charge < -0.3 is 10.2 Å². The zero-order chi connectivity index (χ0) is 15.9. The largest absolute Gasteiger partial charge is 0.358 e. The maximum Gasteiger partial charge on any atom is 0.228 e. The van der Waals surface area contributed by atoms with E-state index in [-0.39, 0.29) is 11.8 Å². The van der Waals surface area contributed by atoms with Crippen LogP contribution in [0.25, 0.3) is 0 Å². The first-order valence-corrected chi connectivity index (χ1v) is 7.31. The van der Waals surface area contributed by atoms with Crippen molar-refractivity contribution in [3.05, 3.63) is 42.2 Å². The van der Waals surface area contributed by atoms with Crippen LogP contribution < -0.4 is 10.2 Å². The summed E-state index contributed by atoms with van der Waals surface area (Å²) in [5, 5.41) is 10.9. The van der Waals surface area contributed by atoms with E-state index in [9.17, 15) is 4.79 Å². The quantitative estimate of drug-likeness (QED) is 0.885. The molecule has 0 aliphatic carbocycles. The third-order valence-corrected chi connectivity index (χ3v) is 3.30. The van der Waals surface area contributed by atoms with E-state index in [4.69, 9.17) is 0 Å². The molecule has 1 amide bonds. The van der Waals surface area contributed by atoms with Crippen molar-refractivity contribution in [1.29, 1.82) is 0 Å². The zero-order valence-corrected chi connectivity index (χ0v) is 13.2. The van der Waals surface area contributed by atoms with Gasteiger partial charge >= 0.3 is 0 Å². The standard InChI is InChI=1S/C16H21N5O/c1-12(2)16(22)18-14-4-5-15(20-19-14)21(3)11-8-13-6-9-17-10-7-13/h4-7,9-10,12H,8,11H2,1-3H3,(H,18,19,22). The molecule has 116 valence electrons. The predicted octanol–water partition coefficient (Wildman–Crippen LogP) is 2.15. The van der Waals surface area contributed by atoms with Crippen molar-refractivity contribution in [2.45, 2.75) is 20.3 Å². The second-order valence-electron chi connectivity index (χ2n) is 5.45. The van der Waals surface area contributed by atoms with Crippen molar-refractivity contribution in [1.82, 2.24) is 15.2 Å². The molecule has 6 nitrogen and oxygen atoms in total. The van der Waals surface area contributed by atoms with Crippen LogP contribution in [0.3, 0.4) is 0 Å². The van der Waals surface area contributed by atoms with Gasteiger partial charge in [0.2, 0.25) is 5.91 Å². The number of carbonyl (C=O) groups excluding carboxylic acids is 1. The van der Waals surface area contributed by atoms with E-state index in [0.717, 1.165) is 18.8 Å². The zero-order valence-electron chi connectivity index (χ0n) is 13.2. The highest BCUT2D eigenvalue weighted by Gasteiger charge is 2.09. The van der Waals surface area contributed by atoms with Crippen LogP contribution in [0, 0.1) is 5.92 Å². The van der Waals surface area contributed by atoms with E-state index in [1.54, 1.807) is 18.5 Å². The Labute approximate surface area is 130 Å². The molecule has 2 aromatic heterocycles. The van der Waals surface area contributed by atoms with Gasteiger partial charge in [0.25, 0.3) is 0 Å². The Bertz CT molecular complexity index is 598. The van der Waals surface area contributed by atoms with Crippen molar-refractivity contribution in [3.8, 4) is 0 Å². The number of nitrogens with zero attached hydrogens (tertiary/aromatic N) is 4. The normalized spacial score (nSPS) is 10.5. The second kappa shape index (κ2) is 7.49. The molecule has 0 spiro atoms. The summed E-state index contributed by atoms with van der Waals surface area (Å²) in [5.41, 5.74) is 1.23. The molecular formula is C16H21N5O. The van der Waals surface area contributed by atoms with Gasteiger partial charge in [0.05, 0.1) is 0 Å². The first-order valence-electron chi connectivity index (χ1n) is 7.31. The third-order valence-electron chi connectivity index (χ3n) is 3.30. The van der Waals surface area contributed by atoms with Gasteiger partial charge in [-0.2, -0.15) is 0 Å². The summed E-state index contributed by atoms with van der Waals surface area (Å²) < 4.78 is 0. The van der Waals surface area contributed by atoms with Crippen LogP contribution >= 0.6 is 0 Å². The minimum absolute atomic E-state index is 0.0620. The molecule has 0 fully saturated rings. The molecule has 22 heavy (non-hydrogen) atoms. The maximum absolute atomic E-state index is 11.6. The number of hydrogen-bond donors (Lipinski definition) is 1. The van der Waals surface area contributed by atoms with Crippen molar-refractivity contribution >= 4 is 17.5 Å². The van der Waals surface area contributed by atoms with Gasteiger partial charge in [-0.1, -0.05) is 13.8 Å². The lowest BCUT2D eigenvalue weighted by Gasteiger charge is -2.17. The molecule has 6 heteroatoms. The van der Waals surface area contributed by atoms with Crippen LogP contribution in [-0.2, 0) is 11.2 Å². The number of rotatable bonds is 6. The van der Waals surface area contributed by atoms with Crippen LogP contribution in [0.5, 0.6) is 0 Å². The highest BCUT2D eigenvalue weighted by atomic mass is 16.1. The first kappa shape index (κ1) is 15.9. The molecule has 0 aromatic carbocycles. The summed E-state index contributed by atoms with van der Waals surface area (Å²) in [7, 11) is 1.97. The summed E-state index contributed by atoms with van der Waals surface area (Å²) >= 11 is 0. The van der Waals surface area contributed by atoms with E-state index < -0.39 is 0 Å². The van der Waals surface area contributed by atoms with Crippen LogP contribution in [0.1, 0.15) is 19.4 Å². The Morgan fingerprint density at radius 2 is 1.91 bits per heavy atom. The van der Waals surface area contributed by atoms with Gasteiger partial charge in [-0.05, 0) is 36.2 Å². The number of hydrogen-bond acceptors (Lipinski definition) is 5. The van der Waals surface area contributed by atoms with Gasteiger partial charge in [-0.3, -0.25) is 9.78 Å². The molecule has 2 aromatic rings. The fourth-order valence-electron chi connectivity index (χ4n) is 1.83. The SMILES string of the molecule is CC(C)C(=O)Nc1ccc(N(C)CCc2ccncc2)nn1. The Kier molecular flexibility index (Phi) is 5.41. The molecule has 0 saturated carbocycles. The van der Waals surface area contributed by atoms with Gasteiger partial charge in [0.15, 0.2) is 11.6 Å². The monoisotopic (exact) mass is 299 g/mol. The number of amides is 1. The number of anilines is 2. The highest BCUT2D eigenvalue weighted by molar-refractivity contribution is 5.91. The molecule has 0 radical (unpaired) electrons. The van der Waals surface area contributed by atoms with E-state index in [2.05, 4.69) is 20.5 Å². The highest BCUT2D eigenvalue weighted by Crippen LogP contribution is 2.11. The summed E-state index contributed by atoms with van der Waals surface area (Å²) in [6.45, 7) is 4.50. The van der Waals surface area contributed by atoms with Crippen LogP contribution in [-0.4, -0.2) is 34.7 Å². The van der Waals surface area contributed by atoms with Crippen LogP contribution in [0.15, 0.2) is 36.7 Å². The molecule has 1 N–H and O–H groups in total. The Morgan fingerprint density at radius 1 is 1.18 bits per heavy atom. The number of pyridine rings is 1. The number of nitrogens with one attached hydrogen (secondary N) is 1. The van der Waals surface area contributed by atoms with Crippen molar-refractivity contribution in [2.24, 2.45) is 5.92 Å². The Balaban J connectivity index is 1.90. The molecule has 0 unspecified atom stereocenters. The van der Waals surface area contributed by atoms with Crippen molar-refractivity contribution in [2.75, 3.05) is 23.8 Å². The molecule has 0 atom stereocenters. The molecule has 0 saturated heterocycles. The lowest BCUT2D eigenvalue weighted by atomic mass is 10.2. The second-order valence-corrected chi connectivity index (χ2v) is 5.45. The van der Waals surface area contributed by atoms with Gasteiger partial charge in [-0.15, -0.1) is 10.2 Å². The van der Waals surface area contributed by atoms with E-state index in [1.807, 2.05) is 44.0 Å². The lowest BCUT2D eigenvalue weighted by molar-refractivity contribution is -0.118. The summed E-state index contributed by atoms with van der Waals surface area (Å²) in [4.78, 5) is 17.6. The van der Waals surface area contributed by atoms with E-state index >= 15 is 0 Å². The van der Waals surface area contributed by atoms with E-state index in [0.29, 0.717) is 5.82 Å². The summed E-state index contributed by atoms with van der Waals surface area (Å²) in [5.74, 6) is 1.11. The van der Waals surface area contributed by atoms with Gasteiger partial charge in [-0.25, -0.2) is 0 Å².